The van der Waals surface area contributed by atoms with E-state index in [1.165, 1.54) is 24.3 Å². The van der Waals surface area contributed by atoms with Gasteiger partial charge in [0.05, 0.1) is 10.5 Å². The second kappa shape index (κ2) is 7.92. The number of carbonyl (C=O) groups is 1. The van der Waals surface area contributed by atoms with Gasteiger partial charge < -0.3 is 4.74 Å². The summed E-state index contributed by atoms with van der Waals surface area (Å²) in [4.78, 5) is 22.3. The summed E-state index contributed by atoms with van der Waals surface area (Å²) in [6.45, 7) is 8.29. The summed E-state index contributed by atoms with van der Waals surface area (Å²) in [5.41, 5.74) is -0.186. The minimum atomic E-state index is -0.492. The van der Waals surface area contributed by atoms with E-state index in [9.17, 15) is 14.9 Å². The summed E-state index contributed by atoms with van der Waals surface area (Å²) >= 11 is 0. The van der Waals surface area contributed by atoms with Crippen molar-refractivity contribution >= 4 is 11.7 Å². The van der Waals surface area contributed by atoms with Crippen LogP contribution in [0.3, 0.4) is 0 Å². The zero-order chi connectivity index (χ0) is 16.8. The molecule has 0 aromatic heterocycles. The minimum absolute atomic E-state index is 0.0354. The number of nitro benzene ring substituents is 1. The maximum atomic E-state index is 12.2. The summed E-state index contributed by atoms with van der Waals surface area (Å²) in [5.74, 6) is 0.204. The molecule has 22 heavy (non-hydrogen) atoms. The molecule has 1 aromatic rings. The molecule has 0 aliphatic heterocycles. The zero-order valence-electron chi connectivity index (χ0n) is 13.8. The van der Waals surface area contributed by atoms with Gasteiger partial charge >= 0.3 is 5.97 Å². The van der Waals surface area contributed by atoms with Crippen LogP contribution in [0.4, 0.5) is 5.69 Å². The van der Waals surface area contributed by atoms with Crippen LogP contribution < -0.4 is 0 Å². The van der Waals surface area contributed by atoms with Gasteiger partial charge in [-0.3, -0.25) is 10.1 Å². The smallest absolute Gasteiger partial charge is 0.338 e. The first kappa shape index (κ1) is 18.1. The second-order valence-corrected chi connectivity index (χ2v) is 6.28. The largest absolute Gasteiger partial charge is 0.456 e. The second-order valence-electron chi connectivity index (χ2n) is 6.28. The van der Waals surface area contributed by atoms with Crippen molar-refractivity contribution in [3.05, 3.63) is 39.9 Å². The molecule has 0 aliphatic carbocycles. The van der Waals surface area contributed by atoms with Crippen molar-refractivity contribution in [2.24, 2.45) is 5.92 Å². The number of benzene rings is 1. The lowest BCUT2D eigenvalue weighted by Crippen LogP contribution is -2.31. The SMILES string of the molecule is CC[C@@](C)(CCCC(C)C)OC(=O)c1ccc([N+](=O)[O-])cc1. The van der Waals surface area contributed by atoms with E-state index < -0.39 is 16.5 Å². The standard InChI is InChI=1S/C17H25NO4/c1-5-17(4,12-6-7-13(2)3)22-16(19)14-8-10-15(11-9-14)18(20)21/h8-11,13H,5-7,12H2,1-4H3/t17-/m0/s1. The Balaban J connectivity index is 2.69. The third-order valence-corrected chi connectivity index (χ3v) is 3.89. The summed E-state index contributed by atoms with van der Waals surface area (Å²) in [6, 6.07) is 5.51. The van der Waals surface area contributed by atoms with Crippen LogP contribution in [0, 0.1) is 16.0 Å². The third kappa shape index (κ3) is 5.47. The van der Waals surface area contributed by atoms with Crippen molar-refractivity contribution in [1.82, 2.24) is 0 Å². The van der Waals surface area contributed by atoms with E-state index in [1.54, 1.807) is 0 Å². The van der Waals surface area contributed by atoms with Crippen LogP contribution in [0.2, 0.25) is 0 Å². The van der Waals surface area contributed by atoms with Crippen LogP contribution in [0.15, 0.2) is 24.3 Å². The molecule has 1 atom stereocenters. The number of non-ortho nitro benzene ring substituents is 1. The van der Waals surface area contributed by atoms with E-state index in [1.807, 2.05) is 13.8 Å². The Morgan fingerprint density at radius 1 is 1.32 bits per heavy atom. The predicted octanol–water partition coefficient (Wildman–Crippen LogP) is 4.75. The molecule has 0 radical (unpaired) electrons. The highest BCUT2D eigenvalue weighted by Gasteiger charge is 2.27. The molecule has 122 valence electrons. The van der Waals surface area contributed by atoms with Gasteiger partial charge in [-0.1, -0.05) is 27.2 Å². The summed E-state index contributed by atoms with van der Waals surface area (Å²) < 4.78 is 5.65. The van der Waals surface area contributed by atoms with Gasteiger partial charge in [-0.2, -0.15) is 0 Å². The highest BCUT2D eigenvalue weighted by Crippen LogP contribution is 2.26. The van der Waals surface area contributed by atoms with E-state index in [0.29, 0.717) is 11.5 Å². The Hall–Kier alpha value is -1.91. The molecular formula is C17H25NO4. The molecule has 0 N–H and O–H groups in total. The number of hydrogen-bond acceptors (Lipinski definition) is 4. The highest BCUT2D eigenvalue weighted by atomic mass is 16.6. The fraction of sp³-hybridized carbons (Fsp3) is 0.588. The summed E-state index contributed by atoms with van der Waals surface area (Å²) in [5, 5.41) is 10.6. The number of rotatable bonds is 8. The minimum Gasteiger partial charge on any atom is -0.456 e. The third-order valence-electron chi connectivity index (χ3n) is 3.89. The Morgan fingerprint density at radius 3 is 2.36 bits per heavy atom. The molecule has 0 saturated carbocycles. The van der Waals surface area contributed by atoms with Crippen molar-refractivity contribution < 1.29 is 14.5 Å². The van der Waals surface area contributed by atoms with Gasteiger partial charge in [-0.15, -0.1) is 0 Å². The van der Waals surface area contributed by atoms with Crippen LogP contribution >= 0.6 is 0 Å². The number of nitrogens with zero attached hydrogens (tertiary/aromatic N) is 1. The molecule has 0 fully saturated rings. The fourth-order valence-electron chi connectivity index (χ4n) is 2.19. The predicted molar refractivity (Wildman–Crippen MR) is 85.9 cm³/mol. The molecule has 0 saturated heterocycles. The molecule has 0 amide bonds. The molecule has 1 rings (SSSR count). The van der Waals surface area contributed by atoms with E-state index in [-0.39, 0.29) is 5.69 Å². The van der Waals surface area contributed by atoms with Gasteiger partial charge in [0.1, 0.15) is 5.60 Å². The molecule has 0 spiro atoms. The van der Waals surface area contributed by atoms with Gasteiger partial charge in [0.25, 0.3) is 5.69 Å². The lowest BCUT2D eigenvalue weighted by Gasteiger charge is -2.28. The van der Waals surface area contributed by atoms with Crippen molar-refractivity contribution in [1.29, 1.82) is 0 Å². The van der Waals surface area contributed by atoms with Gasteiger partial charge in [0.15, 0.2) is 0 Å². The lowest BCUT2D eigenvalue weighted by atomic mass is 9.93. The van der Waals surface area contributed by atoms with Crippen LogP contribution in [0.5, 0.6) is 0 Å². The van der Waals surface area contributed by atoms with Gasteiger partial charge in [0.2, 0.25) is 0 Å². The quantitative estimate of drug-likeness (QED) is 0.395. The first-order valence-electron chi connectivity index (χ1n) is 7.75. The Labute approximate surface area is 131 Å². The number of hydrogen-bond donors (Lipinski definition) is 0. The first-order valence-corrected chi connectivity index (χ1v) is 7.75. The average Bonchev–Trinajstić information content (AvgIpc) is 2.46. The number of esters is 1. The maximum Gasteiger partial charge on any atom is 0.338 e. The van der Waals surface area contributed by atoms with Gasteiger partial charge in [-0.05, 0) is 44.2 Å². The van der Waals surface area contributed by atoms with Crippen molar-refractivity contribution in [3.8, 4) is 0 Å². The molecule has 0 aliphatic rings. The Kier molecular flexibility index (Phi) is 6.53. The molecule has 0 unspecified atom stereocenters. The normalized spacial score (nSPS) is 13.7. The van der Waals surface area contributed by atoms with Crippen LogP contribution in [-0.4, -0.2) is 16.5 Å². The molecule has 0 bridgehead atoms. The Morgan fingerprint density at radius 2 is 1.91 bits per heavy atom. The molecule has 1 aromatic carbocycles. The van der Waals surface area contributed by atoms with E-state index in [2.05, 4.69) is 13.8 Å². The van der Waals surface area contributed by atoms with Gasteiger partial charge in [0, 0.05) is 12.1 Å². The van der Waals surface area contributed by atoms with E-state index in [0.717, 1.165) is 25.7 Å². The topological polar surface area (TPSA) is 69.4 Å². The molecule has 5 heteroatoms. The average molecular weight is 307 g/mol. The highest BCUT2D eigenvalue weighted by molar-refractivity contribution is 5.89. The van der Waals surface area contributed by atoms with E-state index >= 15 is 0 Å². The van der Waals surface area contributed by atoms with E-state index in [4.69, 9.17) is 4.74 Å². The van der Waals surface area contributed by atoms with Crippen molar-refractivity contribution in [2.45, 2.75) is 59.0 Å². The van der Waals surface area contributed by atoms with Crippen LogP contribution in [0.1, 0.15) is 63.7 Å². The molecule has 5 nitrogen and oxygen atoms in total. The summed E-state index contributed by atoms with van der Waals surface area (Å²) in [6.07, 6.45) is 3.67. The van der Waals surface area contributed by atoms with Crippen molar-refractivity contribution in [3.63, 3.8) is 0 Å². The first-order chi connectivity index (χ1) is 10.3. The molecule has 0 heterocycles. The monoisotopic (exact) mass is 307 g/mol. The Bertz CT molecular complexity index is 510. The van der Waals surface area contributed by atoms with Crippen LogP contribution in [-0.2, 0) is 4.74 Å². The van der Waals surface area contributed by atoms with Crippen molar-refractivity contribution in [2.75, 3.05) is 0 Å². The number of ether oxygens (including phenoxy) is 1. The number of carbonyl (C=O) groups excluding carboxylic acids is 1. The lowest BCUT2D eigenvalue weighted by molar-refractivity contribution is -0.384. The summed E-state index contributed by atoms with van der Waals surface area (Å²) in [7, 11) is 0. The zero-order valence-corrected chi connectivity index (χ0v) is 13.8. The maximum absolute atomic E-state index is 12.2. The fourth-order valence-corrected chi connectivity index (χ4v) is 2.19. The van der Waals surface area contributed by atoms with Gasteiger partial charge in [-0.25, -0.2) is 4.79 Å². The molecular weight excluding hydrogens is 282 g/mol. The number of nitro groups is 1. The van der Waals surface area contributed by atoms with Crippen LogP contribution in [0.25, 0.3) is 0 Å².